The fourth-order valence-electron chi connectivity index (χ4n) is 2.98. The molecular weight excluding hydrogens is 340 g/mol. The van der Waals surface area contributed by atoms with Gasteiger partial charge < -0.3 is 9.80 Å². The lowest BCUT2D eigenvalue weighted by molar-refractivity contribution is -0.119. The van der Waals surface area contributed by atoms with Gasteiger partial charge in [-0.1, -0.05) is 35.9 Å². The second kappa shape index (κ2) is 8.49. The molecule has 0 aromatic heterocycles. The lowest BCUT2D eigenvalue weighted by Gasteiger charge is -2.34. The number of amides is 2. The molecule has 1 saturated heterocycles. The summed E-state index contributed by atoms with van der Waals surface area (Å²) < 4.78 is 0. The van der Waals surface area contributed by atoms with Gasteiger partial charge in [0.05, 0.1) is 5.69 Å². The van der Waals surface area contributed by atoms with Gasteiger partial charge in [0.1, 0.15) is 0 Å². The molecule has 0 saturated carbocycles. The summed E-state index contributed by atoms with van der Waals surface area (Å²) in [4.78, 5) is 32.2. The maximum Gasteiger partial charge on any atom is 0.257 e. The SMILES string of the molecule is Cc1cccc(C(=O)NC(=Nc2ccccc2C)N2CCN(C=O)CC2)c1. The van der Waals surface area contributed by atoms with E-state index in [4.69, 9.17) is 4.99 Å². The molecule has 1 N–H and O–H groups in total. The van der Waals surface area contributed by atoms with Crippen molar-refractivity contribution in [2.75, 3.05) is 26.2 Å². The van der Waals surface area contributed by atoms with E-state index in [0.717, 1.165) is 23.2 Å². The standard InChI is InChI=1S/C21H24N4O2/c1-16-6-5-8-18(14-16)20(27)23-21(22-19-9-4-3-7-17(19)2)25-12-10-24(15-26)11-13-25/h3-9,14-15H,10-13H2,1-2H3,(H,22,23,27). The van der Waals surface area contributed by atoms with E-state index >= 15 is 0 Å². The molecule has 0 atom stereocenters. The molecule has 2 aromatic rings. The van der Waals surface area contributed by atoms with Gasteiger partial charge in [-0.15, -0.1) is 0 Å². The van der Waals surface area contributed by atoms with Crippen LogP contribution < -0.4 is 5.32 Å². The average Bonchev–Trinajstić information content (AvgIpc) is 2.69. The van der Waals surface area contributed by atoms with Crippen LogP contribution in [0, 0.1) is 13.8 Å². The second-order valence-electron chi connectivity index (χ2n) is 6.67. The molecule has 0 unspecified atom stereocenters. The van der Waals surface area contributed by atoms with E-state index in [-0.39, 0.29) is 5.91 Å². The van der Waals surface area contributed by atoms with Crippen LogP contribution in [0.5, 0.6) is 0 Å². The fraction of sp³-hybridized carbons (Fsp3) is 0.286. The predicted molar refractivity (Wildman–Crippen MR) is 106 cm³/mol. The number of aliphatic imine (C=N–C) groups is 1. The molecule has 140 valence electrons. The van der Waals surface area contributed by atoms with Gasteiger partial charge in [-0.25, -0.2) is 4.99 Å². The van der Waals surface area contributed by atoms with Crippen molar-refractivity contribution in [3.8, 4) is 0 Å². The van der Waals surface area contributed by atoms with Crippen LogP contribution in [0.2, 0.25) is 0 Å². The van der Waals surface area contributed by atoms with Crippen LogP contribution in [0.1, 0.15) is 21.5 Å². The number of hydrogen-bond acceptors (Lipinski definition) is 3. The molecular formula is C21H24N4O2. The Morgan fingerprint density at radius 3 is 2.44 bits per heavy atom. The topological polar surface area (TPSA) is 65.0 Å². The monoisotopic (exact) mass is 364 g/mol. The number of rotatable bonds is 3. The summed E-state index contributed by atoms with van der Waals surface area (Å²) >= 11 is 0. The molecule has 1 fully saturated rings. The highest BCUT2D eigenvalue weighted by Gasteiger charge is 2.21. The Hall–Kier alpha value is -3.15. The first-order valence-electron chi connectivity index (χ1n) is 9.03. The molecule has 1 heterocycles. The summed E-state index contributed by atoms with van der Waals surface area (Å²) in [7, 11) is 0. The molecule has 2 amide bonds. The zero-order chi connectivity index (χ0) is 19.2. The van der Waals surface area contributed by atoms with E-state index in [1.165, 1.54) is 0 Å². The van der Waals surface area contributed by atoms with Gasteiger partial charge in [-0.05, 0) is 37.6 Å². The van der Waals surface area contributed by atoms with Crippen LogP contribution >= 0.6 is 0 Å². The molecule has 3 rings (SSSR count). The number of para-hydroxylation sites is 1. The lowest BCUT2D eigenvalue weighted by Crippen LogP contribution is -2.53. The summed E-state index contributed by atoms with van der Waals surface area (Å²) in [5, 5.41) is 2.97. The number of piperazine rings is 1. The van der Waals surface area contributed by atoms with Crippen LogP contribution in [0.3, 0.4) is 0 Å². The second-order valence-corrected chi connectivity index (χ2v) is 6.67. The Kier molecular flexibility index (Phi) is 5.86. The molecule has 0 radical (unpaired) electrons. The normalized spacial score (nSPS) is 14.8. The van der Waals surface area contributed by atoms with Gasteiger partial charge in [0, 0.05) is 31.7 Å². The van der Waals surface area contributed by atoms with Gasteiger partial charge in [0.2, 0.25) is 12.4 Å². The zero-order valence-corrected chi connectivity index (χ0v) is 15.7. The highest BCUT2D eigenvalue weighted by molar-refractivity contribution is 6.06. The van der Waals surface area contributed by atoms with Gasteiger partial charge in [-0.2, -0.15) is 0 Å². The maximum atomic E-state index is 12.8. The minimum Gasteiger partial charge on any atom is -0.342 e. The number of nitrogens with zero attached hydrogens (tertiary/aromatic N) is 3. The minimum atomic E-state index is -0.191. The van der Waals surface area contributed by atoms with Crippen molar-refractivity contribution in [1.29, 1.82) is 0 Å². The largest absolute Gasteiger partial charge is 0.342 e. The van der Waals surface area contributed by atoms with Gasteiger partial charge in [0.15, 0.2) is 0 Å². The van der Waals surface area contributed by atoms with Crippen LogP contribution in [0.15, 0.2) is 53.5 Å². The zero-order valence-electron chi connectivity index (χ0n) is 15.7. The van der Waals surface area contributed by atoms with Crippen molar-refractivity contribution in [2.24, 2.45) is 4.99 Å². The number of aryl methyl sites for hydroxylation is 2. The van der Waals surface area contributed by atoms with E-state index in [0.29, 0.717) is 37.7 Å². The van der Waals surface area contributed by atoms with Gasteiger partial charge >= 0.3 is 0 Å². The van der Waals surface area contributed by atoms with Crippen molar-refractivity contribution in [2.45, 2.75) is 13.8 Å². The van der Waals surface area contributed by atoms with Crippen LogP contribution in [-0.2, 0) is 4.79 Å². The smallest absolute Gasteiger partial charge is 0.257 e. The van der Waals surface area contributed by atoms with E-state index in [1.807, 2.05) is 61.2 Å². The number of carbonyl (C=O) groups excluding carboxylic acids is 2. The minimum absolute atomic E-state index is 0.191. The van der Waals surface area contributed by atoms with Crippen molar-refractivity contribution in [1.82, 2.24) is 15.1 Å². The predicted octanol–water partition coefficient (Wildman–Crippen LogP) is 2.49. The Bertz CT molecular complexity index is 855. The molecule has 0 spiro atoms. The highest BCUT2D eigenvalue weighted by Crippen LogP contribution is 2.18. The Morgan fingerprint density at radius 2 is 1.78 bits per heavy atom. The lowest BCUT2D eigenvalue weighted by atomic mass is 10.1. The number of benzene rings is 2. The summed E-state index contributed by atoms with van der Waals surface area (Å²) in [5.41, 5.74) is 3.47. The highest BCUT2D eigenvalue weighted by atomic mass is 16.2. The Labute approximate surface area is 159 Å². The Balaban J connectivity index is 1.87. The average molecular weight is 364 g/mol. The van der Waals surface area contributed by atoms with Crippen LogP contribution in [0.4, 0.5) is 5.69 Å². The summed E-state index contributed by atoms with van der Waals surface area (Å²) in [5.74, 6) is 0.324. The van der Waals surface area contributed by atoms with E-state index in [1.54, 1.807) is 11.0 Å². The van der Waals surface area contributed by atoms with E-state index in [2.05, 4.69) is 5.32 Å². The van der Waals surface area contributed by atoms with Crippen molar-refractivity contribution in [3.63, 3.8) is 0 Å². The maximum absolute atomic E-state index is 12.8. The van der Waals surface area contributed by atoms with E-state index in [9.17, 15) is 9.59 Å². The Morgan fingerprint density at radius 1 is 1.04 bits per heavy atom. The number of guanidine groups is 1. The number of nitrogens with one attached hydrogen (secondary N) is 1. The van der Waals surface area contributed by atoms with Crippen LogP contribution in [-0.4, -0.2) is 54.3 Å². The third-order valence-corrected chi connectivity index (χ3v) is 4.61. The van der Waals surface area contributed by atoms with Crippen molar-refractivity contribution in [3.05, 3.63) is 65.2 Å². The van der Waals surface area contributed by atoms with Gasteiger partial charge in [0.25, 0.3) is 5.91 Å². The molecule has 6 heteroatoms. The molecule has 6 nitrogen and oxygen atoms in total. The molecule has 0 aliphatic carbocycles. The summed E-state index contributed by atoms with van der Waals surface area (Å²) in [6, 6.07) is 15.3. The number of hydrogen-bond donors (Lipinski definition) is 1. The third-order valence-electron chi connectivity index (χ3n) is 4.61. The molecule has 2 aromatic carbocycles. The fourth-order valence-corrected chi connectivity index (χ4v) is 2.98. The van der Waals surface area contributed by atoms with Crippen molar-refractivity contribution < 1.29 is 9.59 Å². The van der Waals surface area contributed by atoms with E-state index < -0.39 is 0 Å². The first kappa shape index (κ1) is 18.6. The quantitative estimate of drug-likeness (QED) is 0.517. The summed E-state index contributed by atoms with van der Waals surface area (Å²) in [6.07, 6.45) is 0.862. The summed E-state index contributed by atoms with van der Waals surface area (Å²) in [6.45, 7) is 6.41. The molecule has 1 aliphatic heterocycles. The number of carbonyl (C=O) groups is 2. The first-order chi connectivity index (χ1) is 13.1. The molecule has 1 aliphatic rings. The van der Waals surface area contributed by atoms with Crippen LogP contribution in [0.25, 0.3) is 0 Å². The molecule has 27 heavy (non-hydrogen) atoms. The first-order valence-corrected chi connectivity index (χ1v) is 9.03. The van der Waals surface area contributed by atoms with Gasteiger partial charge in [-0.3, -0.25) is 14.9 Å². The third kappa shape index (κ3) is 4.73. The molecule has 0 bridgehead atoms. The van der Waals surface area contributed by atoms with Crippen molar-refractivity contribution >= 4 is 24.0 Å².